The Bertz CT molecular complexity index is 357. The largest absolute Gasteiger partial charge is 0.381 e. The van der Waals surface area contributed by atoms with E-state index in [1.54, 1.807) is 0 Å². The van der Waals surface area contributed by atoms with Crippen LogP contribution in [-0.2, 0) is 11.3 Å². The first kappa shape index (κ1) is 10.1. The second kappa shape index (κ2) is 4.41. The molecule has 3 rings (SSSR count). The van der Waals surface area contributed by atoms with E-state index in [1.807, 2.05) is 0 Å². The molecule has 3 heterocycles. The maximum Gasteiger partial charge on any atom is 0.224 e. The molecule has 0 unspecified atom stereocenters. The second-order valence-electron chi connectivity index (χ2n) is 4.55. The molecular formula is C11H18N4O. The highest BCUT2D eigenvalue weighted by molar-refractivity contribution is 5.27. The van der Waals surface area contributed by atoms with Crippen LogP contribution in [0.1, 0.15) is 37.4 Å². The third-order valence-electron chi connectivity index (χ3n) is 3.46. The molecule has 5 heteroatoms. The van der Waals surface area contributed by atoms with Crippen LogP contribution >= 0.6 is 0 Å². The second-order valence-corrected chi connectivity index (χ2v) is 4.55. The number of aromatic nitrogens is 3. The van der Waals surface area contributed by atoms with E-state index >= 15 is 0 Å². The molecule has 2 aliphatic heterocycles. The molecule has 0 atom stereocenters. The summed E-state index contributed by atoms with van der Waals surface area (Å²) in [4.78, 5) is 0. The molecule has 0 radical (unpaired) electrons. The summed E-state index contributed by atoms with van der Waals surface area (Å²) in [6.45, 7) is 3.80. The molecule has 1 N–H and O–H groups in total. The summed E-state index contributed by atoms with van der Waals surface area (Å²) in [5.74, 6) is 2.65. The van der Waals surface area contributed by atoms with Gasteiger partial charge in [0.1, 0.15) is 5.82 Å². The van der Waals surface area contributed by atoms with Crippen LogP contribution in [0.4, 0.5) is 5.95 Å². The highest BCUT2D eigenvalue weighted by Gasteiger charge is 2.24. The maximum atomic E-state index is 5.39. The van der Waals surface area contributed by atoms with Crippen molar-refractivity contribution in [3.63, 3.8) is 0 Å². The van der Waals surface area contributed by atoms with Gasteiger partial charge in [0.25, 0.3) is 0 Å². The van der Waals surface area contributed by atoms with Gasteiger partial charge in [-0.25, -0.2) is 0 Å². The molecule has 1 saturated heterocycles. The van der Waals surface area contributed by atoms with Gasteiger partial charge in [-0.2, -0.15) is 0 Å². The molecule has 1 fully saturated rings. The third kappa shape index (κ3) is 1.80. The predicted octanol–water partition coefficient (Wildman–Crippen LogP) is 1.38. The number of rotatable bonds is 1. The van der Waals surface area contributed by atoms with Crippen molar-refractivity contribution in [1.29, 1.82) is 0 Å². The van der Waals surface area contributed by atoms with Crippen molar-refractivity contribution in [1.82, 2.24) is 14.8 Å². The van der Waals surface area contributed by atoms with Crippen LogP contribution in [0.5, 0.6) is 0 Å². The lowest BCUT2D eigenvalue weighted by Crippen LogP contribution is -2.18. The van der Waals surface area contributed by atoms with E-state index in [2.05, 4.69) is 20.1 Å². The zero-order valence-electron chi connectivity index (χ0n) is 9.48. The van der Waals surface area contributed by atoms with Gasteiger partial charge in [0.15, 0.2) is 0 Å². The van der Waals surface area contributed by atoms with Gasteiger partial charge < -0.3 is 10.1 Å². The number of hydrogen-bond acceptors (Lipinski definition) is 4. The highest BCUT2D eigenvalue weighted by Crippen LogP contribution is 2.28. The van der Waals surface area contributed by atoms with Crippen molar-refractivity contribution in [2.45, 2.75) is 38.1 Å². The monoisotopic (exact) mass is 222 g/mol. The van der Waals surface area contributed by atoms with E-state index in [-0.39, 0.29) is 0 Å². The van der Waals surface area contributed by atoms with Gasteiger partial charge in [-0.1, -0.05) is 0 Å². The van der Waals surface area contributed by atoms with Crippen molar-refractivity contribution in [2.24, 2.45) is 0 Å². The summed E-state index contributed by atoms with van der Waals surface area (Å²) in [7, 11) is 0. The molecule has 88 valence electrons. The number of nitrogens with zero attached hydrogens (tertiary/aromatic N) is 3. The average Bonchev–Trinajstić information content (AvgIpc) is 2.60. The summed E-state index contributed by atoms with van der Waals surface area (Å²) in [6, 6.07) is 0. The lowest BCUT2D eigenvalue weighted by molar-refractivity contribution is 0.0827. The number of nitrogens with one attached hydrogen (secondary N) is 1. The average molecular weight is 222 g/mol. The molecule has 0 aliphatic carbocycles. The van der Waals surface area contributed by atoms with Crippen LogP contribution in [0.2, 0.25) is 0 Å². The molecule has 0 bridgehead atoms. The third-order valence-corrected chi connectivity index (χ3v) is 3.46. The Morgan fingerprint density at radius 3 is 2.94 bits per heavy atom. The summed E-state index contributed by atoms with van der Waals surface area (Å²) in [5, 5.41) is 12.0. The van der Waals surface area contributed by atoms with E-state index < -0.39 is 0 Å². The van der Waals surface area contributed by atoms with Gasteiger partial charge in [0.05, 0.1) is 0 Å². The number of ether oxygens (including phenoxy) is 1. The Hall–Kier alpha value is -1.10. The number of fused-ring (bicyclic) bond motifs is 1. The highest BCUT2D eigenvalue weighted by atomic mass is 16.5. The lowest BCUT2D eigenvalue weighted by atomic mass is 9.99. The van der Waals surface area contributed by atoms with Crippen LogP contribution in [-0.4, -0.2) is 34.5 Å². The van der Waals surface area contributed by atoms with Gasteiger partial charge in [-0.15, -0.1) is 10.2 Å². The van der Waals surface area contributed by atoms with Gasteiger partial charge in [-0.05, 0) is 25.7 Å². The summed E-state index contributed by atoms with van der Waals surface area (Å²) in [5.41, 5.74) is 0. The molecule has 2 aliphatic rings. The van der Waals surface area contributed by atoms with Gasteiger partial charge in [-0.3, -0.25) is 4.57 Å². The first-order valence-corrected chi connectivity index (χ1v) is 6.20. The molecule has 5 nitrogen and oxygen atoms in total. The van der Waals surface area contributed by atoms with E-state index in [0.717, 1.165) is 50.9 Å². The van der Waals surface area contributed by atoms with Gasteiger partial charge >= 0.3 is 0 Å². The van der Waals surface area contributed by atoms with E-state index in [0.29, 0.717) is 5.92 Å². The molecule has 1 aromatic rings. The lowest BCUT2D eigenvalue weighted by Gasteiger charge is -2.21. The van der Waals surface area contributed by atoms with Crippen LogP contribution in [0.15, 0.2) is 0 Å². The van der Waals surface area contributed by atoms with Crippen molar-refractivity contribution in [3.05, 3.63) is 5.82 Å². The molecule has 0 amide bonds. The molecule has 0 saturated carbocycles. The molecule has 0 aromatic carbocycles. The molecular weight excluding hydrogens is 204 g/mol. The van der Waals surface area contributed by atoms with Gasteiger partial charge in [0.2, 0.25) is 5.95 Å². The van der Waals surface area contributed by atoms with Crippen LogP contribution in [0.25, 0.3) is 0 Å². The zero-order valence-corrected chi connectivity index (χ0v) is 9.48. The zero-order chi connectivity index (χ0) is 10.8. The topological polar surface area (TPSA) is 52.0 Å². The minimum atomic E-state index is 0.537. The van der Waals surface area contributed by atoms with E-state index in [4.69, 9.17) is 4.74 Å². The van der Waals surface area contributed by atoms with E-state index in [1.165, 1.54) is 12.8 Å². The Morgan fingerprint density at radius 2 is 2.06 bits per heavy atom. The maximum absolute atomic E-state index is 5.39. The van der Waals surface area contributed by atoms with Crippen molar-refractivity contribution in [2.75, 3.05) is 25.1 Å². The Morgan fingerprint density at radius 1 is 1.19 bits per heavy atom. The Balaban J connectivity index is 1.86. The molecule has 1 aromatic heterocycles. The Kier molecular flexibility index (Phi) is 2.78. The van der Waals surface area contributed by atoms with Crippen LogP contribution < -0.4 is 5.32 Å². The standard InChI is InChI=1S/C11H18N4O/c1-2-6-15-10(9-3-7-16-8-4-9)13-14-11(15)12-5-1/h9H,1-8H2,(H,12,14). The van der Waals surface area contributed by atoms with E-state index in [9.17, 15) is 0 Å². The fraction of sp³-hybridized carbons (Fsp3) is 0.818. The van der Waals surface area contributed by atoms with Crippen LogP contribution in [0, 0.1) is 0 Å². The molecule has 0 spiro atoms. The van der Waals surface area contributed by atoms with Crippen molar-refractivity contribution >= 4 is 5.95 Å². The predicted molar refractivity (Wildman–Crippen MR) is 60.5 cm³/mol. The number of hydrogen-bond donors (Lipinski definition) is 1. The SMILES string of the molecule is C1CCn2c(nnc2C2CCOCC2)NC1. The fourth-order valence-electron chi connectivity index (χ4n) is 2.52. The minimum absolute atomic E-state index is 0.537. The molecule has 16 heavy (non-hydrogen) atoms. The minimum Gasteiger partial charge on any atom is -0.381 e. The van der Waals surface area contributed by atoms with Gasteiger partial charge in [0, 0.05) is 32.2 Å². The number of anilines is 1. The fourth-order valence-corrected chi connectivity index (χ4v) is 2.52. The smallest absolute Gasteiger partial charge is 0.224 e. The first-order chi connectivity index (χ1) is 7.95. The first-order valence-electron chi connectivity index (χ1n) is 6.20. The Labute approximate surface area is 95.2 Å². The van der Waals surface area contributed by atoms with Crippen LogP contribution in [0.3, 0.4) is 0 Å². The van der Waals surface area contributed by atoms with Crippen molar-refractivity contribution in [3.8, 4) is 0 Å². The summed E-state index contributed by atoms with van der Waals surface area (Å²) in [6.07, 6.45) is 4.60. The summed E-state index contributed by atoms with van der Waals surface area (Å²) >= 11 is 0. The summed E-state index contributed by atoms with van der Waals surface area (Å²) < 4.78 is 7.66. The van der Waals surface area contributed by atoms with Crippen molar-refractivity contribution < 1.29 is 4.74 Å². The normalized spacial score (nSPS) is 22.2. The quantitative estimate of drug-likeness (QED) is 0.780.